The Morgan fingerprint density at radius 1 is 1.11 bits per heavy atom. The maximum atomic E-state index is 10.5. The minimum Gasteiger partial charge on any atom is -0.465 e. The van der Waals surface area contributed by atoms with E-state index in [9.17, 15) is 4.79 Å². The lowest BCUT2D eigenvalue weighted by molar-refractivity contribution is 0.210. The van der Waals surface area contributed by atoms with Crippen molar-refractivity contribution in [1.29, 1.82) is 0 Å². The lowest BCUT2D eigenvalue weighted by atomic mass is 10.1. The molecule has 0 fully saturated rings. The molecule has 0 heterocycles. The number of hydrogen-bond donors (Lipinski definition) is 4. The van der Waals surface area contributed by atoms with Crippen molar-refractivity contribution in [2.24, 2.45) is 0 Å². The molecule has 0 saturated carbocycles. The van der Waals surface area contributed by atoms with Crippen molar-refractivity contribution in [2.75, 3.05) is 16.4 Å². The molecule has 0 aliphatic heterocycles. The fourth-order valence-corrected chi connectivity index (χ4v) is 1.71. The van der Waals surface area contributed by atoms with Crippen LogP contribution in [0.5, 0.6) is 0 Å². The van der Waals surface area contributed by atoms with Gasteiger partial charge in [0.1, 0.15) is 0 Å². The number of rotatable bonds is 3. The number of para-hydroxylation sites is 1. The molecular weight excluding hydrogens is 242 g/mol. The highest BCUT2D eigenvalue weighted by Crippen LogP contribution is 2.26. The first-order valence-electron chi connectivity index (χ1n) is 5.78. The number of anilines is 4. The number of benzene rings is 2. The average Bonchev–Trinajstić information content (AvgIpc) is 2.37. The summed E-state index contributed by atoms with van der Waals surface area (Å²) in [5.74, 6) is 0. The molecule has 19 heavy (non-hydrogen) atoms. The van der Waals surface area contributed by atoms with Crippen LogP contribution in [0.3, 0.4) is 0 Å². The van der Waals surface area contributed by atoms with Crippen LogP contribution in [-0.2, 0) is 0 Å². The maximum absolute atomic E-state index is 10.5. The van der Waals surface area contributed by atoms with Crippen molar-refractivity contribution < 1.29 is 9.90 Å². The van der Waals surface area contributed by atoms with Crippen molar-refractivity contribution >= 4 is 28.8 Å². The molecule has 2 aromatic carbocycles. The van der Waals surface area contributed by atoms with E-state index in [2.05, 4.69) is 10.6 Å². The number of hydrogen-bond acceptors (Lipinski definition) is 3. The lowest BCUT2D eigenvalue weighted by Crippen LogP contribution is -2.06. The molecule has 0 atom stereocenters. The average molecular weight is 257 g/mol. The Labute approximate surface area is 111 Å². The highest BCUT2D eigenvalue weighted by Gasteiger charge is 2.02. The second kappa shape index (κ2) is 5.30. The van der Waals surface area contributed by atoms with Crippen LogP contribution in [0.25, 0.3) is 0 Å². The minimum absolute atomic E-state index is 0.523. The number of carboxylic acid groups (broad SMARTS) is 1. The lowest BCUT2D eigenvalue weighted by Gasteiger charge is -2.11. The molecule has 2 aromatic rings. The molecule has 0 saturated heterocycles. The van der Waals surface area contributed by atoms with Gasteiger partial charge in [-0.3, -0.25) is 5.32 Å². The van der Waals surface area contributed by atoms with Crippen molar-refractivity contribution in [2.45, 2.75) is 6.92 Å². The van der Waals surface area contributed by atoms with Crippen LogP contribution >= 0.6 is 0 Å². The van der Waals surface area contributed by atoms with Gasteiger partial charge in [0.25, 0.3) is 0 Å². The van der Waals surface area contributed by atoms with E-state index in [-0.39, 0.29) is 0 Å². The number of nitrogens with two attached hydrogens (primary N) is 1. The summed E-state index contributed by atoms with van der Waals surface area (Å²) in [6.07, 6.45) is -1.08. The summed E-state index contributed by atoms with van der Waals surface area (Å²) >= 11 is 0. The van der Waals surface area contributed by atoms with E-state index < -0.39 is 6.09 Å². The molecule has 1 amide bonds. The molecule has 2 rings (SSSR count). The van der Waals surface area contributed by atoms with Crippen LogP contribution < -0.4 is 16.4 Å². The normalized spacial score (nSPS) is 9.95. The van der Waals surface area contributed by atoms with Gasteiger partial charge in [0.15, 0.2) is 0 Å². The summed E-state index contributed by atoms with van der Waals surface area (Å²) in [6, 6.07) is 12.7. The van der Waals surface area contributed by atoms with Crippen LogP contribution in [-0.4, -0.2) is 11.2 Å². The number of nitrogen functional groups attached to an aromatic ring is 1. The van der Waals surface area contributed by atoms with Gasteiger partial charge in [-0.1, -0.05) is 12.1 Å². The summed E-state index contributed by atoms with van der Waals surface area (Å²) in [7, 11) is 0. The zero-order valence-electron chi connectivity index (χ0n) is 10.5. The van der Waals surface area contributed by atoms with Crippen LogP contribution in [0.4, 0.5) is 27.5 Å². The smallest absolute Gasteiger partial charge is 0.409 e. The third kappa shape index (κ3) is 3.16. The molecular formula is C14H15N3O2. The third-order valence-electron chi connectivity index (χ3n) is 2.74. The van der Waals surface area contributed by atoms with E-state index in [4.69, 9.17) is 10.8 Å². The van der Waals surface area contributed by atoms with Gasteiger partial charge >= 0.3 is 6.09 Å². The van der Waals surface area contributed by atoms with E-state index in [0.29, 0.717) is 11.4 Å². The first-order chi connectivity index (χ1) is 9.06. The fourth-order valence-electron chi connectivity index (χ4n) is 1.71. The predicted molar refractivity (Wildman–Crippen MR) is 77.0 cm³/mol. The van der Waals surface area contributed by atoms with Gasteiger partial charge in [-0.25, -0.2) is 4.79 Å². The second-order valence-corrected chi connectivity index (χ2v) is 4.17. The SMILES string of the molecule is Cc1cccc(Nc2ccc(NC(=O)O)cc2)c1N. The molecule has 5 N–H and O–H groups in total. The van der Waals surface area contributed by atoms with E-state index in [0.717, 1.165) is 16.9 Å². The van der Waals surface area contributed by atoms with E-state index >= 15 is 0 Å². The molecule has 0 radical (unpaired) electrons. The Kier molecular flexibility index (Phi) is 3.56. The Balaban J connectivity index is 2.15. The Morgan fingerprint density at radius 3 is 2.37 bits per heavy atom. The quantitative estimate of drug-likeness (QED) is 0.634. The number of nitrogens with one attached hydrogen (secondary N) is 2. The summed E-state index contributed by atoms with van der Waals surface area (Å²) < 4.78 is 0. The molecule has 0 bridgehead atoms. The van der Waals surface area contributed by atoms with Gasteiger partial charge < -0.3 is 16.2 Å². The highest BCUT2D eigenvalue weighted by atomic mass is 16.4. The van der Waals surface area contributed by atoms with Crippen molar-refractivity contribution in [1.82, 2.24) is 0 Å². The van der Waals surface area contributed by atoms with Gasteiger partial charge in [0, 0.05) is 11.4 Å². The summed E-state index contributed by atoms with van der Waals surface area (Å²) in [6.45, 7) is 1.94. The van der Waals surface area contributed by atoms with Gasteiger partial charge in [-0.2, -0.15) is 0 Å². The Bertz CT molecular complexity index is 594. The number of amides is 1. The summed E-state index contributed by atoms with van der Waals surface area (Å²) in [4.78, 5) is 10.5. The predicted octanol–water partition coefficient (Wildman–Crippen LogP) is 3.41. The number of aryl methyl sites for hydroxylation is 1. The van der Waals surface area contributed by atoms with Gasteiger partial charge in [-0.05, 0) is 42.8 Å². The molecule has 0 unspecified atom stereocenters. The van der Waals surface area contributed by atoms with Gasteiger partial charge in [0.2, 0.25) is 0 Å². The van der Waals surface area contributed by atoms with E-state index in [1.807, 2.05) is 25.1 Å². The molecule has 0 spiro atoms. The standard InChI is InChI=1S/C14H15N3O2/c1-9-3-2-4-12(13(9)15)16-10-5-7-11(8-6-10)17-14(18)19/h2-8,16-17H,15H2,1H3,(H,18,19). The molecule has 5 nitrogen and oxygen atoms in total. The zero-order chi connectivity index (χ0) is 13.8. The van der Waals surface area contributed by atoms with E-state index in [1.54, 1.807) is 24.3 Å². The monoisotopic (exact) mass is 257 g/mol. The van der Waals surface area contributed by atoms with Gasteiger partial charge in [0.05, 0.1) is 11.4 Å². The second-order valence-electron chi connectivity index (χ2n) is 4.17. The van der Waals surface area contributed by atoms with Crippen LogP contribution in [0.1, 0.15) is 5.56 Å². The van der Waals surface area contributed by atoms with Crippen LogP contribution in [0.2, 0.25) is 0 Å². The maximum Gasteiger partial charge on any atom is 0.409 e. The van der Waals surface area contributed by atoms with Crippen LogP contribution in [0, 0.1) is 6.92 Å². The van der Waals surface area contributed by atoms with Crippen molar-refractivity contribution in [3.8, 4) is 0 Å². The van der Waals surface area contributed by atoms with Crippen molar-refractivity contribution in [3.63, 3.8) is 0 Å². The fraction of sp³-hybridized carbons (Fsp3) is 0.0714. The van der Waals surface area contributed by atoms with Gasteiger partial charge in [-0.15, -0.1) is 0 Å². The molecule has 0 aromatic heterocycles. The molecule has 0 aliphatic rings. The molecule has 5 heteroatoms. The Hall–Kier alpha value is -2.69. The van der Waals surface area contributed by atoms with E-state index in [1.165, 1.54) is 0 Å². The third-order valence-corrected chi connectivity index (χ3v) is 2.74. The summed E-state index contributed by atoms with van der Waals surface area (Å²) in [5, 5.41) is 14.1. The van der Waals surface area contributed by atoms with Crippen LogP contribution in [0.15, 0.2) is 42.5 Å². The largest absolute Gasteiger partial charge is 0.465 e. The topological polar surface area (TPSA) is 87.4 Å². The minimum atomic E-state index is -1.08. The first-order valence-corrected chi connectivity index (χ1v) is 5.78. The zero-order valence-corrected chi connectivity index (χ0v) is 10.5. The highest BCUT2D eigenvalue weighted by molar-refractivity contribution is 5.83. The molecule has 98 valence electrons. The first kappa shape index (κ1) is 12.8. The molecule has 0 aliphatic carbocycles. The Morgan fingerprint density at radius 2 is 1.74 bits per heavy atom. The van der Waals surface area contributed by atoms with Crippen molar-refractivity contribution in [3.05, 3.63) is 48.0 Å². The summed E-state index contributed by atoms with van der Waals surface area (Å²) in [5.41, 5.74) is 9.88. The number of carbonyl (C=O) groups is 1.